The third-order valence-corrected chi connectivity index (χ3v) is 7.62. The van der Waals surface area contributed by atoms with Crippen LogP contribution in [0.4, 0.5) is 0 Å². The van der Waals surface area contributed by atoms with Crippen LogP contribution in [-0.4, -0.2) is 87.1 Å². The van der Waals surface area contributed by atoms with E-state index in [-0.39, 0.29) is 36.2 Å². The Morgan fingerprint density at radius 2 is 1.61 bits per heavy atom. The van der Waals surface area contributed by atoms with Crippen LogP contribution in [-0.2, 0) is 14.8 Å². The standard InChI is InChI=1S/C23H28ClN3O5S/c1-18(28)19-3-9-22(10-4-19)33(30,31)27-13-11-26(12-14-27)23(29)17-25(2)15-16-32-21-7-5-20(24)6-8-21/h3-10H,11-17H2,1-2H3. The molecule has 0 aliphatic carbocycles. The van der Waals surface area contributed by atoms with Crippen molar-refractivity contribution in [2.24, 2.45) is 0 Å². The highest BCUT2D eigenvalue weighted by atomic mass is 35.5. The summed E-state index contributed by atoms with van der Waals surface area (Å²) in [5.74, 6) is 0.548. The molecule has 1 saturated heterocycles. The Labute approximate surface area is 199 Å². The van der Waals surface area contributed by atoms with Gasteiger partial charge in [-0.2, -0.15) is 4.31 Å². The summed E-state index contributed by atoms with van der Waals surface area (Å²) in [5, 5.41) is 0.642. The van der Waals surface area contributed by atoms with Crippen molar-refractivity contribution in [2.45, 2.75) is 11.8 Å². The summed E-state index contributed by atoms with van der Waals surface area (Å²) >= 11 is 5.85. The molecular formula is C23H28ClN3O5S. The molecule has 1 aliphatic rings. The van der Waals surface area contributed by atoms with Crippen LogP contribution in [0.5, 0.6) is 5.75 Å². The summed E-state index contributed by atoms with van der Waals surface area (Å²) in [4.78, 5) is 27.7. The van der Waals surface area contributed by atoms with E-state index < -0.39 is 10.0 Å². The molecule has 33 heavy (non-hydrogen) atoms. The number of piperazine rings is 1. The Kier molecular flexibility index (Phi) is 8.47. The van der Waals surface area contributed by atoms with Crippen molar-refractivity contribution in [3.8, 4) is 5.75 Å². The average Bonchev–Trinajstić information content (AvgIpc) is 2.80. The SMILES string of the molecule is CC(=O)c1ccc(S(=O)(=O)N2CCN(C(=O)CN(C)CCOc3ccc(Cl)cc3)CC2)cc1. The average molecular weight is 494 g/mol. The lowest BCUT2D eigenvalue weighted by Gasteiger charge is -2.34. The zero-order chi connectivity index (χ0) is 24.0. The van der Waals surface area contributed by atoms with Gasteiger partial charge in [0.15, 0.2) is 5.78 Å². The molecule has 10 heteroatoms. The molecule has 0 bridgehead atoms. The number of nitrogens with zero attached hydrogens (tertiary/aromatic N) is 3. The van der Waals surface area contributed by atoms with E-state index in [1.807, 2.05) is 11.9 Å². The summed E-state index contributed by atoms with van der Waals surface area (Å²) in [5.41, 5.74) is 0.465. The number of amides is 1. The van der Waals surface area contributed by atoms with E-state index in [0.29, 0.717) is 42.6 Å². The van der Waals surface area contributed by atoms with Crippen molar-refractivity contribution < 1.29 is 22.7 Å². The number of Topliss-reactive ketones (excluding diaryl/α,β-unsaturated/α-hetero) is 1. The number of carbonyl (C=O) groups excluding carboxylic acids is 2. The minimum atomic E-state index is -3.67. The highest BCUT2D eigenvalue weighted by Gasteiger charge is 2.30. The Morgan fingerprint density at radius 3 is 2.18 bits per heavy atom. The first kappa shape index (κ1) is 25.2. The molecule has 1 fully saturated rings. The van der Waals surface area contributed by atoms with E-state index >= 15 is 0 Å². The largest absolute Gasteiger partial charge is 0.492 e. The molecule has 0 aromatic heterocycles. The van der Waals surface area contributed by atoms with Gasteiger partial charge < -0.3 is 9.64 Å². The van der Waals surface area contributed by atoms with Gasteiger partial charge in [0.25, 0.3) is 0 Å². The monoisotopic (exact) mass is 493 g/mol. The van der Waals surface area contributed by atoms with E-state index in [9.17, 15) is 18.0 Å². The van der Waals surface area contributed by atoms with Gasteiger partial charge in [-0.1, -0.05) is 23.7 Å². The lowest BCUT2D eigenvalue weighted by molar-refractivity contribution is -0.133. The van der Waals surface area contributed by atoms with Crippen LogP contribution in [0.2, 0.25) is 5.02 Å². The third-order valence-electron chi connectivity index (χ3n) is 5.45. The molecule has 178 valence electrons. The maximum absolute atomic E-state index is 12.9. The summed E-state index contributed by atoms with van der Waals surface area (Å²) in [6.45, 7) is 3.78. The molecule has 0 saturated carbocycles. The molecule has 0 unspecified atom stereocenters. The highest BCUT2D eigenvalue weighted by molar-refractivity contribution is 7.89. The molecule has 0 spiro atoms. The van der Waals surface area contributed by atoms with Gasteiger partial charge in [-0.05, 0) is 50.4 Å². The molecule has 0 N–H and O–H groups in total. The fourth-order valence-electron chi connectivity index (χ4n) is 3.45. The number of carbonyl (C=O) groups is 2. The smallest absolute Gasteiger partial charge is 0.243 e. The lowest BCUT2D eigenvalue weighted by atomic mass is 10.2. The van der Waals surface area contributed by atoms with Crippen molar-refractivity contribution in [2.75, 3.05) is 52.9 Å². The van der Waals surface area contributed by atoms with Crippen LogP contribution in [0.1, 0.15) is 17.3 Å². The Balaban J connectivity index is 1.45. The molecule has 1 aliphatic heterocycles. The van der Waals surface area contributed by atoms with E-state index in [4.69, 9.17) is 16.3 Å². The van der Waals surface area contributed by atoms with Gasteiger partial charge in [0.1, 0.15) is 12.4 Å². The number of sulfonamides is 1. The second-order valence-corrected chi connectivity index (χ2v) is 10.3. The molecule has 0 radical (unpaired) electrons. The topological polar surface area (TPSA) is 87.2 Å². The van der Waals surface area contributed by atoms with Crippen LogP contribution < -0.4 is 4.74 Å². The normalized spacial score (nSPS) is 15.0. The summed E-state index contributed by atoms with van der Waals surface area (Å²) in [7, 11) is -1.83. The first-order valence-electron chi connectivity index (χ1n) is 10.6. The first-order valence-corrected chi connectivity index (χ1v) is 12.4. The minimum Gasteiger partial charge on any atom is -0.492 e. The van der Waals surface area contributed by atoms with E-state index in [2.05, 4.69) is 0 Å². The molecule has 2 aromatic carbocycles. The van der Waals surface area contributed by atoms with Crippen LogP contribution >= 0.6 is 11.6 Å². The molecule has 2 aromatic rings. The number of hydrogen-bond acceptors (Lipinski definition) is 6. The molecule has 1 amide bonds. The fraction of sp³-hybridized carbons (Fsp3) is 0.391. The van der Waals surface area contributed by atoms with Crippen molar-refractivity contribution in [3.05, 3.63) is 59.1 Å². The number of hydrogen-bond donors (Lipinski definition) is 0. The van der Waals surface area contributed by atoms with Crippen molar-refractivity contribution >= 4 is 33.3 Å². The number of rotatable bonds is 9. The minimum absolute atomic E-state index is 0.0492. The zero-order valence-electron chi connectivity index (χ0n) is 18.7. The molecule has 3 rings (SSSR count). The third kappa shape index (κ3) is 6.77. The Bertz CT molecular complexity index is 1070. The molecule has 1 heterocycles. The van der Waals surface area contributed by atoms with Crippen molar-refractivity contribution in [1.29, 1.82) is 0 Å². The van der Waals surface area contributed by atoms with Gasteiger partial charge in [0, 0.05) is 43.3 Å². The molecular weight excluding hydrogens is 466 g/mol. The number of benzene rings is 2. The van der Waals surface area contributed by atoms with Crippen molar-refractivity contribution in [3.63, 3.8) is 0 Å². The van der Waals surface area contributed by atoms with E-state index in [1.165, 1.54) is 35.5 Å². The Morgan fingerprint density at radius 1 is 1.00 bits per heavy atom. The number of ether oxygens (including phenoxy) is 1. The maximum atomic E-state index is 12.9. The summed E-state index contributed by atoms with van der Waals surface area (Å²) in [6.07, 6.45) is 0. The van der Waals surface area contributed by atoms with Gasteiger partial charge in [0.2, 0.25) is 15.9 Å². The number of halogens is 1. The summed E-state index contributed by atoms with van der Waals surface area (Å²) < 4.78 is 32.8. The second kappa shape index (κ2) is 11.1. The maximum Gasteiger partial charge on any atom is 0.243 e. The predicted octanol–water partition coefficient (Wildman–Crippen LogP) is 2.39. The Hall–Kier alpha value is -2.46. The molecule has 0 atom stereocenters. The van der Waals surface area contributed by atoms with Gasteiger partial charge >= 0.3 is 0 Å². The van der Waals surface area contributed by atoms with Crippen LogP contribution in [0.15, 0.2) is 53.4 Å². The van der Waals surface area contributed by atoms with Crippen molar-refractivity contribution in [1.82, 2.24) is 14.1 Å². The van der Waals surface area contributed by atoms with E-state index in [1.54, 1.807) is 29.2 Å². The van der Waals surface area contributed by atoms with E-state index in [0.717, 1.165) is 0 Å². The number of likely N-dealkylation sites (N-methyl/N-ethyl adjacent to an activating group) is 1. The summed E-state index contributed by atoms with van der Waals surface area (Å²) in [6, 6.07) is 13.0. The van der Waals surface area contributed by atoms with Gasteiger partial charge in [-0.3, -0.25) is 14.5 Å². The zero-order valence-corrected chi connectivity index (χ0v) is 20.3. The second-order valence-electron chi connectivity index (χ2n) is 7.91. The molecule has 8 nitrogen and oxygen atoms in total. The van der Waals surface area contributed by atoms with Gasteiger partial charge in [0.05, 0.1) is 11.4 Å². The first-order chi connectivity index (χ1) is 15.7. The highest BCUT2D eigenvalue weighted by Crippen LogP contribution is 2.19. The van der Waals surface area contributed by atoms with Gasteiger partial charge in [-0.15, -0.1) is 0 Å². The quantitative estimate of drug-likeness (QED) is 0.498. The number of ketones is 1. The van der Waals surface area contributed by atoms with Gasteiger partial charge in [-0.25, -0.2) is 8.42 Å². The van der Waals surface area contributed by atoms with Crippen LogP contribution in [0.3, 0.4) is 0 Å². The van der Waals surface area contributed by atoms with Crippen LogP contribution in [0, 0.1) is 0 Å². The lowest BCUT2D eigenvalue weighted by Crippen LogP contribution is -2.52. The predicted molar refractivity (Wildman–Crippen MR) is 126 cm³/mol. The van der Waals surface area contributed by atoms with Crippen LogP contribution in [0.25, 0.3) is 0 Å². The fourth-order valence-corrected chi connectivity index (χ4v) is 5.00.